The molecule has 174 valence electrons. The highest BCUT2D eigenvalue weighted by molar-refractivity contribution is 6.31. The van der Waals surface area contributed by atoms with Gasteiger partial charge in [-0.1, -0.05) is 23.7 Å². The van der Waals surface area contributed by atoms with Crippen molar-refractivity contribution in [1.82, 2.24) is 10.2 Å². The van der Waals surface area contributed by atoms with E-state index in [1.165, 1.54) is 18.2 Å². The molecule has 0 aromatic heterocycles. The second-order valence-corrected chi connectivity index (χ2v) is 6.95. The number of benzene rings is 2. The number of hydrogen-bond donors (Lipinski definition) is 1. The number of nitrogens with zero attached hydrogens (tertiary/aromatic N) is 1. The molecule has 12 heteroatoms. The lowest BCUT2D eigenvalue weighted by Gasteiger charge is -2.36. The van der Waals surface area contributed by atoms with Gasteiger partial charge < -0.3 is 10.1 Å². The summed E-state index contributed by atoms with van der Waals surface area (Å²) in [4.78, 5) is 1.94. The smallest absolute Gasteiger partial charge is 0.406 e. The molecule has 3 nitrogen and oxygen atoms in total. The number of alkyl halides is 6. The Labute approximate surface area is 192 Å². The maximum atomic E-state index is 13.2. The highest BCUT2D eigenvalue weighted by atomic mass is 35.5. The Bertz CT molecular complexity index is 840. The van der Waals surface area contributed by atoms with E-state index in [1.54, 1.807) is 0 Å². The maximum Gasteiger partial charge on any atom is 0.573 e. The van der Waals surface area contributed by atoms with Gasteiger partial charge in [0, 0.05) is 31.2 Å². The molecule has 0 aliphatic carbocycles. The lowest BCUT2D eigenvalue weighted by molar-refractivity contribution is -0.274. The molecule has 0 saturated carbocycles. The molecule has 31 heavy (non-hydrogen) atoms. The molecule has 0 radical (unpaired) electrons. The summed E-state index contributed by atoms with van der Waals surface area (Å²) < 4.78 is 80.8. The highest BCUT2D eigenvalue weighted by Gasteiger charge is 2.34. The van der Waals surface area contributed by atoms with Crippen LogP contribution in [0.3, 0.4) is 0 Å². The molecule has 1 N–H and O–H groups in total. The summed E-state index contributed by atoms with van der Waals surface area (Å²) in [6.45, 7) is 2.33. The molecule has 1 aliphatic rings. The molecule has 1 heterocycles. The van der Waals surface area contributed by atoms with Crippen LogP contribution in [0.2, 0.25) is 5.02 Å². The Hall–Kier alpha value is -1.39. The summed E-state index contributed by atoms with van der Waals surface area (Å²) in [6.07, 6.45) is -9.37. The highest BCUT2D eigenvalue weighted by Crippen LogP contribution is 2.38. The van der Waals surface area contributed by atoms with Crippen molar-refractivity contribution in [3.8, 4) is 5.75 Å². The number of hydrogen-bond acceptors (Lipinski definition) is 3. The number of nitrogens with one attached hydrogen (secondary N) is 1. The summed E-state index contributed by atoms with van der Waals surface area (Å²) >= 11 is 6.25. The first-order valence-corrected chi connectivity index (χ1v) is 9.09. The molecule has 0 bridgehead atoms. The third kappa shape index (κ3) is 7.32. The Morgan fingerprint density at radius 3 is 2.00 bits per heavy atom. The molecule has 0 spiro atoms. The quantitative estimate of drug-likeness (QED) is 0.503. The molecule has 2 aromatic rings. The van der Waals surface area contributed by atoms with Crippen molar-refractivity contribution >= 4 is 36.4 Å². The van der Waals surface area contributed by atoms with Crippen LogP contribution in [0.4, 0.5) is 26.3 Å². The van der Waals surface area contributed by atoms with Gasteiger partial charge in [-0.2, -0.15) is 13.2 Å². The van der Waals surface area contributed by atoms with Crippen LogP contribution in [-0.4, -0.2) is 37.4 Å². The van der Waals surface area contributed by atoms with Crippen molar-refractivity contribution in [3.05, 3.63) is 64.2 Å². The van der Waals surface area contributed by atoms with Crippen molar-refractivity contribution in [1.29, 1.82) is 0 Å². The average Bonchev–Trinajstić information content (AvgIpc) is 2.63. The minimum absolute atomic E-state index is 0. The van der Waals surface area contributed by atoms with E-state index in [0.717, 1.165) is 24.3 Å². The van der Waals surface area contributed by atoms with E-state index >= 15 is 0 Å². The minimum atomic E-state index is -4.83. The van der Waals surface area contributed by atoms with Gasteiger partial charge in [-0.25, -0.2) is 0 Å². The Morgan fingerprint density at radius 1 is 0.903 bits per heavy atom. The van der Waals surface area contributed by atoms with E-state index in [9.17, 15) is 26.3 Å². The molecule has 1 atom stereocenters. The van der Waals surface area contributed by atoms with E-state index in [1.807, 2.05) is 4.90 Å². The van der Waals surface area contributed by atoms with Gasteiger partial charge in [-0.05, 0) is 41.5 Å². The molecule has 3 rings (SSSR count). The lowest BCUT2D eigenvalue weighted by Crippen LogP contribution is -2.45. The zero-order valence-electron chi connectivity index (χ0n) is 15.8. The first-order valence-electron chi connectivity index (χ1n) is 8.72. The summed E-state index contributed by atoms with van der Waals surface area (Å²) in [5.74, 6) is -0.407. The van der Waals surface area contributed by atoms with Crippen LogP contribution in [-0.2, 0) is 6.18 Å². The second-order valence-electron chi connectivity index (χ2n) is 6.54. The SMILES string of the molecule is Cl.Cl.FC(F)(F)Oc1ccc([C@@H](c2cc(C(F)(F)F)ccc2Cl)N2CCNCC2)cc1. The number of ether oxygens (including phenoxy) is 1. The molecule has 1 aliphatic heterocycles. The van der Waals surface area contributed by atoms with Gasteiger partial charge >= 0.3 is 12.5 Å². The van der Waals surface area contributed by atoms with Crippen LogP contribution in [0.25, 0.3) is 0 Å². The van der Waals surface area contributed by atoms with Crippen molar-refractivity contribution in [2.45, 2.75) is 18.6 Å². The summed E-state index contributed by atoms with van der Waals surface area (Å²) in [6, 6.07) is 7.53. The Balaban J connectivity index is 0.00000240. The monoisotopic (exact) mass is 510 g/mol. The third-order valence-electron chi connectivity index (χ3n) is 4.56. The fourth-order valence-corrected chi connectivity index (χ4v) is 3.53. The van der Waals surface area contributed by atoms with E-state index < -0.39 is 29.9 Å². The second kappa shape index (κ2) is 11.0. The molecule has 0 amide bonds. The average molecular weight is 512 g/mol. The summed E-state index contributed by atoms with van der Waals surface area (Å²) in [7, 11) is 0. The van der Waals surface area contributed by atoms with E-state index in [0.29, 0.717) is 31.7 Å². The van der Waals surface area contributed by atoms with Crippen molar-refractivity contribution in [3.63, 3.8) is 0 Å². The minimum Gasteiger partial charge on any atom is -0.406 e. The predicted octanol–water partition coefficient (Wildman–Crippen LogP) is 6.10. The fourth-order valence-electron chi connectivity index (χ4n) is 3.31. The van der Waals surface area contributed by atoms with Gasteiger partial charge in [-0.3, -0.25) is 4.90 Å². The summed E-state index contributed by atoms with van der Waals surface area (Å²) in [5.41, 5.74) is -0.0791. The maximum absolute atomic E-state index is 13.2. The summed E-state index contributed by atoms with van der Waals surface area (Å²) in [5, 5.41) is 3.31. The van der Waals surface area contributed by atoms with Crippen LogP contribution in [0.15, 0.2) is 42.5 Å². The number of piperazine rings is 1. The van der Waals surface area contributed by atoms with E-state index in [4.69, 9.17) is 11.6 Å². The topological polar surface area (TPSA) is 24.5 Å². The molecule has 1 saturated heterocycles. The first kappa shape index (κ1) is 27.6. The van der Waals surface area contributed by atoms with Crippen LogP contribution in [0.5, 0.6) is 5.75 Å². The molecule has 1 fully saturated rings. The van der Waals surface area contributed by atoms with E-state index in [2.05, 4.69) is 10.1 Å². The number of rotatable bonds is 4. The van der Waals surface area contributed by atoms with Gasteiger partial charge in [0.1, 0.15) is 5.75 Å². The van der Waals surface area contributed by atoms with Crippen LogP contribution < -0.4 is 10.1 Å². The standard InChI is InChI=1S/C19H17ClF6N2O.2ClH/c20-16-6-3-13(18(21,22)23)11-15(16)17(28-9-7-27-8-10-28)12-1-4-14(5-2-12)29-19(24,25)26;;/h1-6,11,17,27H,7-10H2;2*1H/t17-;;/m0../s1. The zero-order chi connectivity index (χ0) is 21.2. The third-order valence-corrected chi connectivity index (χ3v) is 4.91. The van der Waals surface area contributed by atoms with Crippen molar-refractivity contribution < 1.29 is 31.1 Å². The lowest BCUT2D eigenvalue weighted by atomic mass is 9.94. The van der Waals surface area contributed by atoms with Gasteiger partial charge in [0.2, 0.25) is 0 Å². The molecular weight excluding hydrogens is 493 g/mol. The van der Waals surface area contributed by atoms with Gasteiger partial charge in [0.25, 0.3) is 0 Å². The predicted molar refractivity (Wildman–Crippen MR) is 110 cm³/mol. The number of halogens is 9. The van der Waals surface area contributed by atoms with Crippen molar-refractivity contribution in [2.24, 2.45) is 0 Å². The van der Waals surface area contributed by atoms with Crippen LogP contribution in [0, 0.1) is 0 Å². The molecular formula is C19H19Cl3F6N2O. The molecule has 0 unspecified atom stereocenters. The van der Waals surface area contributed by atoms with Crippen molar-refractivity contribution in [2.75, 3.05) is 26.2 Å². The van der Waals surface area contributed by atoms with Gasteiger partial charge in [0.15, 0.2) is 0 Å². The van der Waals surface area contributed by atoms with Gasteiger partial charge in [-0.15, -0.1) is 38.0 Å². The molecule has 2 aromatic carbocycles. The van der Waals surface area contributed by atoms with Crippen LogP contribution >= 0.6 is 36.4 Å². The Morgan fingerprint density at radius 2 is 1.48 bits per heavy atom. The normalized spacial score (nSPS) is 16.1. The van der Waals surface area contributed by atoms with E-state index in [-0.39, 0.29) is 35.4 Å². The largest absolute Gasteiger partial charge is 0.573 e. The van der Waals surface area contributed by atoms with Gasteiger partial charge in [0.05, 0.1) is 11.6 Å². The fraction of sp³-hybridized carbons (Fsp3) is 0.368. The van der Waals surface area contributed by atoms with Crippen LogP contribution in [0.1, 0.15) is 22.7 Å². The zero-order valence-corrected chi connectivity index (χ0v) is 18.2. The first-order chi connectivity index (χ1) is 13.5. The Kier molecular flexibility index (Phi) is 9.77.